The predicted octanol–water partition coefficient (Wildman–Crippen LogP) is 5.10. The monoisotopic (exact) mass is 402 g/mol. The Labute approximate surface area is 181 Å². The van der Waals surface area contributed by atoms with Gasteiger partial charge in [0, 0.05) is 6.42 Å². The summed E-state index contributed by atoms with van der Waals surface area (Å²) in [6.45, 7) is 0. The molecule has 0 bridgehead atoms. The summed E-state index contributed by atoms with van der Waals surface area (Å²) < 4.78 is 0. The minimum Gasteiger partial charge on any atom is -0.144 e. The first-order chi connectivity index (χ1) is 15.4. The summed E-state index contributed by atoms with van der Waals surface area (Å²) in [5.41, 5.74) is 3.67. The molecule has 0 fully saturated rings. The van der Waals surface area contributed by atoms with Crippen molar-refractivity contribution in [3.05, 3.63) is 149 Å². The van der Waals surface area contributed by atoms with Crippen LogP contribution in [-0.4, -0.2) is 20.2 Å². The minimum atomic E-state index is -0.730. The van der Waals surface area contributed by atoms with Gasteiger partial charge in [0.2, 0.25) is 0 Å². The summed E-state index contributed by atoms with van der Waals surface area (Å²) in [6, 6.07) is 41.4. The number of hydrogen-bond donors (Lipinski definition) is 0. The highest BCUT2D eigenvalue weighted by Crippen LogP contribution is 2.39. The molecule has 1 aromatic heterocycles. The van der Waals surface area contributed by atoms with E-state index < -0.39 is 5.54 Å². The molecule has 0 aliphatic carbocycles. The molecule has 4 aromatic carbocycles. The van der Waals surface area contributed by atoms with Crippen LogP contribution in [-0.2, 0) is 12.0 Å². The number of hydrogen-bond acceptors (Lipinski definition) is 3. The highest BCUT2D eigenvalue weighted by molar-refractivity contribution is 5.49. The maximum atomic E-state index is 4.90. The number of benzene rings is 4. The molecule has 5 rings (SSSR count). The van der Waals surface area contributed by atoms with Gasteiger partial charge in [0.1, 0.15) is 0 Å². The normalized spacial score (nSPS) is 11.4. The Morgan fingerprint density at radius 3 is 1.42 bits per heavy atom. The third-order valence-corrected chi connectivity index (χ3v) is 5.53. The van der Waals surface area contributed by atoms with E-state index in [0.29, 0.717) is 12.2 Å². The Balaban J connectivity index is 1.73. The summed E-state index contributed by atoms with van der Waals surface area (Å²) in [7, 11) is 0. The van der Waals surface area contributed by atoms with Gasteiger partial charge in [-0.15, -0.1) is 15.0 Å². The molecule has 150 valence electrons. The minimum absolute atomic E-state index is 0.634. The van der Waals surface area contributed by atoms with Crippen LogP contribution >= 0.6 is 0 Å². The van der Waals surface area contributed by atoms with E-state index in [-0.39, 0.29) is 0 Å². The van der Waals surface area contributed by atoms with E-state index in [9.17, 15) is 0 Å². The summed E-state index contributed by atoms with van der Waals surface area (Å²) in [6.07, 6.45) is 0.634. The molecular weight excluding hydrogens is 380 g/mol. The Morgan fingerprint density at radius 1 is 0.548 bits per heavy atom. The number of nitrogens with zero attached hydrogens (tertiary/aromatic N) is 4. The molecule has 0 atom stereocenters. The lowest BCUT2D eigenvalue weighted by molar-refractivity contribution is 0.394. The highest BCUT2D eigenvalue weighted by atomic mass is 15.6. The van der Waals surface area contributed by atoms with Gasteiger partial charge in [0.25, 0.3) is 0 Å². The van der Waals surface area contributed by atoms with Crippen LogP contribution in [0.5, 0.6) is 0 Å². The fourth-order valence-electron chi connectivity index (χ4n) is 4.12. The highest BCUT2D eigenvalue weighted by Gasteiger charge is 2.41. The van der Waals surface area contributed by atoms with Crippen LogP contribution in [0.2, 0.25) is 0 Å². The fraction of sp³-hybridized carbons (Fsp3) is 0.0741. The lowest BCUT2D eigenvalue weighted by Crippen LogP contribution is -2.39. The van der Waals surface area contributed by atoms with Crippen molar-refractivity contribution in [2.75, 3.05) is 0 Å². The molecule has 4 nitrogen and oxygen atoms in total. The van der Waals surface area contributed by atoms with Crippen LogP contribution in [0.15, 0.2) is 121 Å². The molecule has 0 saturated carbocycles. The van der Waals surface area contributed by atoms with Crippen molar-refractivity contribution in [2.45, 2.75) is 12.0 Å². The van der Waals surface area contributed by atoms with Crippen LogP contribution in [0.3, 0.4) is 0 Å². The van der Waals surface area contributed by atoms with E-state index in [1.165, 1.54) is 0 Å². The van der Waals surface area contributed by atoms with E-state index in [2.05, 4.69) is 95.2 Å². The first-order valence-corrected chi connectivity index (χ1v) is 10.4. The van der Waals surface area contributed by atoms with Gasteiger partial charge in [-0.05, 0) is 27.5 Å². The van der Waals surface area contributed by atoms with Crippen molar-refractivity contribution < 1.29 is 0 Å². The third kappa shape index (κ3) is 3.53. The number of tetrazole rings is 1. The Morgan fingerprint density at radius 2 is 0.968 bits per heavy atom. The third-order valence-electron chi connectivity index (χ3n) is 5.53. The molecule has 0 N–H and O–H groups in total. The van der Waals surface area contributed by atoms with Gasteiger partial charge >= 0.3 is 0 Å². The molecule has 5 aromatic rings. The smallest absolute Gasteiger partial charge is 0.144 e. The van der Waals surface area contributed by atoms with Gasteiger partial charge in [0.15, 0.2) is 11.4 Å². The average Bonchev–Trinajstić information content (AvgIpc) is 3.31. The molecular formula is C27H22N4. The zero-order valence-electron chi connectivity index (χ0n) is 17.0. The molecule has 31 heavy (non-hydrogen) atoms. The molecule has 0 amide bonds. The van der Waals surface area contributed by atoms with E-state index in [1.807, 2.05) is 36.4 Å². The zero-order valence-corrected chi connectivity index (χ0v) is 17.0. The maximum absolute atomic E-state index is 4.90. The van der Waals surface area contributed by atoms with Crippen LogP contribution < -0.4 is 0 Å². The second kappa shape index (κ2) is 8.36. The van der Waals surface area contributed by atoms with Crippen molar-refractivity contribution in [3.63, 3.8) is 0 Å². The predicted molar refractivity (Wildman–Crippen MR) is 122 cm³/mol. The summed E-state index contributed by atoms with van der Waals surface area (Å²) >= 11 is 0. The SMILES string of the molecule is c1ccc(Cc2nnn(C(c3ccccc3)(c3ccccc3)c3ccccc3)n2)cc1. The standard InChI is InChI=1S/C27H22N4/c1-5-13-22(14-6-1)21-26-28-30-31(29-26)27(23-15-7-2-8-16-23,24-17-9-3-10-18-24)25-19-11-4-12-20-25/h1-20H,21H2. The van der Waals surface area contributed by atoms with Crippen LogP contribution in [0, 0.1) is 0 Å². The Kier molecular flexibility index (Phi) is 5.11. The van der Waals surface area contributed by atoms with Crippen LogP contribution in [0.4, 0.5) is 0 Å². The average molecular weight is 403 g/mol. The first-order valence-electron chi connectivity index (χ1n) is 10.4. The van der Waals surface area contributed by atoms with Gasteiger partial charge < -0.3 is 0 Å². The molecule has 0 aliphatic rings. The van der Waals surface area contributed by atoms with Crippen LogP contribution in [0.25, 0.3) is 0 Å². The van der Waals surface area contributed by atoms with E-state index >= 15 is 0 Å². The molecule has 1 heterocycles. The molecule has 4 heteroatoms. The second-order valence-corrected chi connectivity index (χ2v) is 7.47. The lowest BCUT2D eigenvalue weighted by Gasteiger charge is -2.34. The van der Waals surface area contributed by atoms with Crippen molar-refractivity contribution in [1.82, 2.24) is 20.2 Å². The van der Waals surface area contributed by atoms with E-state index in [4.69, 9.17) is 5.10 Å². The lowest BCUT2D eigenvalue weighted by atomic mass is 9.77. The second-order valence-electron chi connectivity index (χ2n) is 7.47. The Bertz CT molecular complexity index is 1140. The van der Waals surface area contributed by atoms with Gasteiger partial charge in [-0.3, -0.25) is 0 Å². The van der Waals surface area contributed by atoms with Crippen molar-refractivity contribution in [1.29, 1.82) is 0 Å². The number of aromatic nitrogens is 4. The Hall–Kier alpha value is -4.05. The molecule has 0 spiro atoms. The van der Waals surface area contributed by atoms with Gasteiger partial charge in [-0.1, -0.05) is 121 Å². The molecule has 0 unspecified atom stereocenters. The van der Waals surface area contributed by atoms with E-state index in [1.54, 1.807) is 4.80 Å². The molecule has 0 radical (unpaired) electrons. The molecule has 0 aliphatic heterocycles. The summed E-state index contributed by atoms with van der Waals surface area (Å²) in [5.74, 6) is 0.693. The van der Waals surface area contributed by atoms with Crippen molar-refractivity contribution in [3.8, 4) is 0 Å². The number of rotatable bonds is 6. The first kappa shape index (κ1) is 18.9. The van der Waals surface area contributed by atoms with Gasteiger partial charge in [-0.2, -0.15) is 0 Å². The van der Waals surface area contributed by atoms with E-state index in [0.717, 1.165) is 22.3 Å². The maximum Gasteiger partial charge on any atom is 0.179 e. The topological polar surface area (TPSA) is 43.6 Å². The van der Waals surface area contributed by atoms with Crippen LogP contribution in [0.1, 0.15) is 28.1 Å². The quantitative estimate of drug-likeness (QED) is 0.371. The van der Waals surface area contributed by atoms with Gasteiger partial charge in [0.05, 0.1) is 0 Å². The van der Waals surface area contributed by atoms with Crippen molar-refractivity contribution >= 4 is 0 Å². The van der Waals surface area contributed by atoms with Crippen molar-refractivity contribution in [2.24, 2.45) is 0 Å². The summed E-state index contributed by atoms with van der Waals surface area (Å²) in [4.78, 5) is 1.77. The zero-order chi connectivity index (χ0) is 20.9. The fourth-order valence-corrected chi connectivity index (χ4v) is 4.12. The summed E-state index contributed by atoms with van der Waals surface area (Å²) in [5, 5.41) is 13.9. The molecule has 0 saturated heterocycles. The largest absolute Gasteiger partial charge is 0.179 e. The van der Waals surface area contributed by atoms with Gasteiger partial charge in [-0.25, -0.2) is 0 Å².